The first-order valence-electron chi connectivity index (χ1n) is 9.47. The second-order valence-corrected chi connectivity index (χ2v) is 7.16. The minimum absolute atomic E-state index is 0.0196. The van der Waals surface area contributed by atoms with Gasteiger partial charge in [-0.3, -0.25) is 24.3 Å². The highest BCUT2D eigenvalue weighted by Gasteiger charge is 2.13. The Hall–Kier alpha value is -4.12. The lowest BCUT2D eigenvalue weighted by Crippen LogP contribution is -2.28. The SMILES string of the molecule is O=C(NCCn1ncc2c(=O)n(Cc3ccc([N+](=O)[O-])cc3)cnc21)c1cccnc1Cl. The number of fused-ring (bicyclic) bond motifs is 1. The van der Waals surface area contributed by atoms with Crippen molar-refractivity contribution >= 4 is 34.2 Å². The quantitative estimate of drug-likeness (QED) is 0.256. The number of non-ortho nitro benzene ring substituents is 1. The van der Waals surface area contributed by atoms with Gasteiger partial charge < -0.3 is 5.32 Å². The van der Waals surface area contributed by atoms with Crippen LogP contribution in [0.5, 0.6) is 0 Å². The molecule has 0 atom stereocenters. The zero-order chi connectivity index (χ0) is 22.7. The molecule has 11 nitrogen and oxygen atoms in total. The Bertz CT molecular complexity index is 1360. The van der Waals surface area contributed by atoms with E-state index in [1.165, 1.54) is 40.1 Å². The molecule has 32 heavy (non-hydrogen) atoms. The third kappa shape index (κ3) is 4.32. The average molecular weight is 454 g/mol. The number of hydrogen-bond acceptors (Lipinski definition) is 7. The van der Waals surface area contributed by atoms with Gasteiger partial charge in [-0.05, 0) is 17.7 Å². The van der Waals surface area contributed by atoms with Gasteiger partial charge in [0.1, 0.15) is 16.9 Å². The van der Waals surface area contributed by atoms with Crippen LogP contribution < -0.4 is 10.9 Å². The van der Waals surface area contributed by atoms with Crippen molar-refractivity contribution in [1.82, 2.24) is 29.6 Å². The van der Waals surface area contributed by atoms with Crippen molar-refractivity contribution in [3.63, 3.8) is 0 Å². The number of amides is 1. The van der Waals surface area contributed by atoms with Crippen molar-refractivity contribution in [2.24, 2.45) is 0 Å². The van der Waals surface area contributed by atoms with Gasteiger partial charge in [0.25, 0.3) is 17.2 Å². The fourth-order valence-electron chi connectivity index (χ4n) is 3.12. The van der Waals surface area contributed by atoms with E-state index in [0.717, 1.165) is 5.56 Å². The third-order valence-corrected chi connectivity index (χ3v) is 5.04. The van der Waals surface area contributed by atoms with Crippen molar-refractivity contribution in [3.8, 4) is 0 Å². The van der Waals surface area contributed by atoms with Crippen LogP contribution in [-0.4, -0.2) is 41.7 Å². The topological polar surface area (TPSA) is 138 Å². The molecule has 0 radical (unpaired) electrons. The Morgan fingerprint density at radius 1 is 1.19 bits per heavy atom. The number of pyridine rings is 1. The molecule has 3 heterocycles. The van der Waals surface area contributed by atoms with E-state index >= 15 is 0 Å². The van der Waals surface area contributed by atoms with E-state index in [9.17, 15) is 19.7 Å². The van der Waals surface area contributed by atoms with E-state index in [1.54, 1.807) is 24.3 Å². The number of rotatable bonds is 7. The van der Waals surface area contributed by atoms with Crippen LogP contribution in [0.25, 0.3) is 11.0 Å². The zero-order valence-electron chi connectivity index (χ0n) is 16.5. The van der Waals surface area contributed by atoms with Gasteiger partial charge in [-0.2, -0.15) is 5.10 Å². The maximum Gasteiger partial charge on any atom is 0.269 e. The van der Waals surface area contributed by atoms with Crippen LogP contribution >= 0.6 is 11.6 Å². The van der Waals surface area contributed by atoms with E-state index in [1.807, 2.05) is 0 Å². The van der Waals surface area contributed by atoms with Crippen LogP contribution in [0.2, 0.25) is 5.15 Å². The summed E-state index contributed by atoms with van der Waals surface area (Å²) >= 11 is 5.92. The number of nitro benzene ring substituents is 1. The van der Waals surface area contributed by atoms with Gasteiger partial charge in [0, 0.05) is 24.9 Å². The number of carbonyl (C=O) groups excluding carboxylic acids is 1. The second-order valence-electron chi connectivity index (χ2n) is 6.80. The molecular formula is C20H16ClN7O4. The summed E-state index contributed by atoms with van der Waals surface area (Å²) in [4.78, 5) is 43.5. The Morgan fingerprint density at radius 3 is 2.69 bits per heavy atom. The minimum atomic E-state index is -0.480. The molecule has 0 fully saturated rings. The normalized spacial score (nSPS) is 10.9. The van der Waals surface area contributed by atoms with Crippen molar-refractivity contribution in [2.75, 3.05) is 6.54 Å². The molecule has 162 valence electrons. The number of nitro groups is 1. The van der Waals surface area contributed by atoms with E-state index in [2.05, 4.69) is 20.4 Å². The Morgan fingerprint density at radius 2 is 1.97 bits per heavy atom. The molecule has 4 rings (SSSR count). The molecule has 4 aromatic rings. The lowest BCUT2D eigenvalue weighted by atomic mass is 10.2. The van der Waals surface area contributed by atoms with Crippen LogP contribution in [-0.2, 0) is 13.1 Å². The minimum Gasteiger partial charge on any atom is -0.350 e. The van der Waals surface area contributed by atoms with Gasteiger partial charge in [0.2, 0.25) is 0 Å². The van der Waals surface area contributed by atoms with E-state index in [0.29, 0.717) is 17.6 Å². The number of nitrogens with zero attached hydrogens (tertiary/aromatic N) is 6. The monoisotopic (exact) mass is 453 g/mol. The van der Waals surface area contributed by atoms with Gasteiger partial charge in [-0.1, -0.05) is 23.7 Å². The summed E-state index contributed by atoms with van der Waals surface area (Å²) in [7, 11) is 0. The van der Waals surface area contributed by atoms with E-state index in [-0.39, 0.29) is 41.0 Å². The molecule has 12 heteroatoms. The van der Waals surface area contributed by atoms with Crippen molar-refractivity contribution in [3.05, 3.63) is 91.9 Å². The lowest BCUT2D eigenvalue weighted by Gasteiger charge is -2.08. The summed E-state index contributed by atoms with van der Waals surface area (Å²) in [6.07, 6.45) is 4.32. The van der Waals surface area contributed by atoms with Crippen LogP contribution in [0.3, 0.4) is 0 Å². The summed E-state index contributed by atoms with van der Waals surface area (Å²) < 4.78 is 2.93. The predicted octanol–water partition coefficient (Wildman–Crippen LogP) is 2.03. The van der Waals surface area contributed by atoms with Crippen LogP contribution in [0, 0.1) is 10.1 Å². The maximum absolute atomic E-state index is 12.8. The summed E-state index contributed by atoms with van der Waals surface area (Å²) in [5.74, 6) is -0.363. The molecule has 1 N–H and O–H groups in total. The van der Waals surface area contributed by atoms with Crippen LogP contribution in [0.15, 0.2) is 59.9 Å². The molecule has 0 saturated carbocycles. The summed E-state index contributed by atoms with van der Waals surface area (Å²) in [5.41, 5.74) is 1.08. The Balaban J connectivity index is 1.45. The smallest absolute Gasteiger partial charge is 0.269 e. The molecule has 1 aromatic carbocycles. The third-order valence-electron chi connectivity index (χ3n) is 4.74. The number of halogens is 1. The first-order chi connectivity index (χ1) is 15.4. The Kier molecular flexibility index (Phi) is 5.90. The molecule has 0 saturated heterocycles. The van der Waals surface area contributed by atoms with Gasteiger partial charge in [0.15, 0.2) is 5.65 Å². The fraction of sp³-hybridized carbons (Fsp3) is 0.150. The Labute approximate surface area is 185 Å². The van der Waals surface area contributed by atoms with Crippen molar-refractivity contribution in [2.45, 2.75) is 13.1 Å². The summed E-state index contributed by atoms with van der Waals surface area (Å²) in [6.45, 7) is 0.757. The first kappa shape index (κ1) is 21.1. The number of aromatic nitrogens is 5. The standard InChI is InChI=1S/C20H16ClN7O4/c21-17-15(2-1-7-22-17)19(29)23-8-9-27-18-16(10-25-27)20(30)26(12-24-18)11-13-3-5-14(6-4-13)28(31)32/h1-7,10,12H,8-9,11H2,(H,23,29). The average Bonchev–Trinajstić information content (AvgIpc) is 3.20. The highest BCUT2D eigenvalue weighted by Crippen LogP contribution is 2.13. The van der Waals surface area contributed by atoms with E-state index < -0.39 is 4.92 Å². The second kappa shape index (κ2) is 8.94. The van der Waals surface area contributed by atoms with E-state index in [4.69, 9.17) is 11.6 Å². The van der Waals surface area contributed by atoms with Gasteiger partial charge in [-0.25, -0.2) is 14.6 Å². The van der Waals surface area contributed by atoms with Gasteiger partial charge in [-0.15, -0.1) is 0 Å². The first-order valence-corrected chi connectivity index (χ1v) is 9.85. The summed E-state index contributed by atoms with van der Waals surface area (Å²) in [5, 5.41) is 18.1. The highest BCUT2D eigenvalue weighted by molar-refractivity contribution is 6.32. The van der Waals surface area contributed by atoms with Gasteiger partial charge in [0.05, 0.1) is 29.8 Å². The number of hydrogen-bond donors (Lipinski definition) is 1. The molecule has 0 aliphatic heterocycles. The molecule has 3 aromatic heterocycles. The molecule has 0 unspecified atom stereocenters. The van der Waals surface area contributed by atoms with Crippen molar-refractivity contribution in [1.29, 1.82) is 0 Å². The number of benzene rings is 1. The number of nitrogens with one attached hydrogen (secondary N) is 1. The molecule has 0 spiro atoms. The molecule has 0 aliphatic rings. The highest BCUT2D eigenvalue weighted by atomic mass is 35.5. The largest absolute Gasteiger partial charge is 0.350 e. The fourth-order valence-corrected chi connectivity index (χ4v) is 3.32. The molecular weight excluding hydrogens is 438 g/mol. The maximum atomic E-state index is 12.8. The number of carbonyl (C=O) groups is 1. The zero-order valence-corrected chi connectivity index (χ0v) is 17.3. The summed E-state index contributed by atoms with van der Waals surface area (Å²) in [6, 6.07) is 9.15. The predicted molar refractivity (Wildman–Crippen MR) is 116 cm³/mol. The van der Waals surface area contributed by atoms with Crippen LogP contribution in [0.4, 0.5) is 5.69 Å². The van der Waals surface area contributed by atoms with Gasteiger partial charge >= 0.3 is 0 Å². The van der Waals surface area contributed by atoms with Crippen LogP contribution in [0.1, 0.15) is 15.9 Å². The molecule has 0 aliphatic carbocycles. The molecule has 0 bridgehead atoms. The molecule has 1 amide bonds. The van der Waals surface area contributed by atoms with Crippen molar-refractivity contribution < 1.29 is 9.72 Å². The lowest BCUT2D eigenvalue weighted by molar-refractivity contribution is -0.384.